The number of anilines is 1. The molecule has 3 rings (SSSR count). The molecule has 2 aromatic rings. The average Bonchev–Trinajstić information content (AvgIpc) is 3.29. The van der Waals surface area contributed by atoms with E-state index in [9.17, 15) is 4.79 Å². The van der Waals surface area contributed by atoms with Crippen molar-refractivity contribution >= 4 is 45.6 Å². The summed E-state index contributed by atoms with van der Waals surface area (Å²) in [6.45, 7) is 2.93. The second-order valence-electron chi connectivity index (χ2n) is 6.12. The summed E-state index contributed by atoms with van der Waals surface area (Å²) >= 11 is 13.7. The van der Waals surface area contributed by atoms with Gasteiger partial charge in [0.15, 0.2) is 5.13 Å². The Morgan fingerprint density at radius 3 is 3.12 bits per heavy atom. The van der Waals surface area contributed by atoms with E-state index in [0.717, 1.165) is 29.9 Å². The normalized spacial score (nSPS) is 18.0. The number of nitrogens with zero attached hydrogens (tertiary/aromatic N) is 1. The molecule has 1 aromatic heterocycles. The van der Waals surface area contributed by atoms with Gasteiger partial charge < -0.3 is 9.47 Å². The Hall–Kier alpha value is -1.18. The number of rotatable bonds is 7. The fraction of sp³-hybridized carbons (Fsp3) is 0.444. The number of thiazole rings is 1. The largest absolute Gasteiger partial charge is 0.376 e. The predicted molar refractivity (Wildman–Crippen MR) is 104 cm³/mol. The zero-order valence-corrected chi connectivity index (χ0v) is 16.7. The summed E-state index contributed by atoms with van der Waals surface area (Å²) in [6.07, 6.45) is 3.91. The molecule has 0 unspecified atom stereocenters. The molecule has 2 atom stereocenters. The average molecular weight is 415 g/mol. The molecule has 1 amide bonds. The summed E-state index contributed by atoms with van der Waals surface area (Å²) in [4.78, 5) is 17.5. The maximum atomic E-state index is 12.2. The molecule has 1 aliphatic heterocycles. The van der Waals surface area contributed by atoms with Crippen LogP contribution >= 0.6 is 34.5 Å². The molecule has 1 aliphatic rings. The molecule has 0 saturated carbocycles. The van der Waals surface area contributed by atoms with Gasteiger partial charge >= 0.3 is 0 Å². The maximum Gasteiger partial charge on any atom is 0.254 e. The van der Waals surface area contributed by atoms with Crippen LogP contribution in [0.3, 0.4) is 0 Å². The fourth-order valence-corrected chi connectivity index (χ4v) is 3.86. The van der Waals surface area contributed by atoms with Gasteiger partial charge in [0.1, 0.15) is 6.10 Å². The Morgan fingerprint density at radius 2 is 2.35 bits per heavy atom. The van der Waals surface area contributed by atoms with Crippen molar-refractivity contribution in [1.29, 1.82) is 0 Å². The van der Waals surface area contributed by atoms with Crippen LogP contribution in [-0.2, 0) is 20.7 Å². The Morgan fingerprint density at radius 1 is 1.50 bits per heavy atom. The van der Waals surface area contributed by atoms with Crippen molar-refractivity contribution in [3.05, 3.63) is 44.9 Å². The van der Waals surface area contributed by atoms with Crippen LogP contribution in [0, 0.1) is 0 Å². The highest BCUT2D eigenvalue weighted by Crippen LogP contribution is 2.29. The quantitative estimate of drug-likeness (QED) is 0.720. The van der Waals surface area contributed by atoms with Gasteiger partial charge in [0.2, 0.25) is 0 Å². The third-order valence-corrected chi connectivity index (χ3v) is 5.88. The van der Waals surface area contributed by atoms with Gasteiger partial charge in [0.05, 0.1) is 22.8 Å². The summed E-state index contributed by atoms with van der Waals surface area (Å²) in [5, 5.41) is 4.40. The van der Waals surface area contributed by atoms with Crippen molar-refractivity contribution in [1.82, 2.24) is 4.98 Å². The number of hydrogen-bond acceptors (Lipinski definition) is 5. The summed E-state index contributed by atoms with van der Waals surface area (Å²) in [6, 6.07) is 5.54. The monoisotopic (exact) mass is 414 g/mol. The number of nitrogens with one attached hydrogen (secondary N) is 1. The van der Waals surface area contributed by atoms with Crippen LogP contribution in [0.15, 0.2) is 24.4 Å². The number of hydrogen-bond donors (Lipinski definition) is 1. The number of aromatic nitrogens is 1. The summed E-state index contributed by atoms with van der Waals surface area (Å²) in [5.41, 5.74) is 0.925. The molecule has 2 heterocycles. The van der Waals surface area contributed by atoms with E-state index < -0.39 is 6.10 Å². The lowest BCUT2D eigenvalue weighted by Crippen LogP contribution is -2.30. The molecule has 1 N–H and O–H groups in total. The first-order chi connectivity index (χ1) is 12.5. The number of ether oxygens (including phenoxy) is 2. The van der Waals surface area contributed by atoms with Gasteiger partial charge in [-0.2, -0.15) is 0 Å². The van der Waals surface area contributed by atoms with Crippen molar-refractivity contribution < 1.29 is 14.3 Å². The van der Waals surface area contributed by atoms with Gasteiger partial charge in [-0.25, -0.2) is 4.98 Å². The molecule has 1 saturated heterocycles. The van der Waals surface area contributed by atoms with E-state index in [4.69, 9.17) is 32.7 Å². The van der Waals surface area contributed by atoms with Gasteiger partial charge in [-0.15, -0.1) is 11.3 Å². The Bertz CT molecular complexity index is 763. The van der Waals surface area contributed by atoms with Crippen LogP contribution in [0.25, 0.3) is 0 Å². The lowest BCUT2D eigenvalue weighted by Gasteiger charge is -2.15. The van der Waals surface area contributed by atoms with Crippen LogP contribution in [-0.4, -0.2) is 36.3 Å². The van der Waals surface area contributed by atoms with Crippen molar-refractivity contribution in [2.24, 2.45) is 0 Å². The SMILES string of the molecule is C[C@@H](OC[C@H]1CCCO1)C(=O)Nc1ncc(Cc2cccc(Cl)c2Cl)s1. The van der Waals surface area contributed by atoms with Gasteiger partial charge in [-0.05, 0) is 31.4 Å². The van der Waals surface area contributed by atoms with Crippen molar-refractivity contribution in [3.63, 3.8) is 0 Å². The molecule has 1 fully saturated rings. The molecule has 8 heteroatoms. The number of carbonyl (C=O) groups excluding carboxylic acids is 1. The minimum Gasteiger partial charge on any atom is -0.376 e. The van der Waals surface area contributed by atoms with Crippen molar-refractivity contribution in [2.45, 2.75) is 38.4 Å². The van der Waals surface area contributed by atoms with Gasteiger partial charge in [0, 0.05) is 24.1 Å². The first-order valence-electron chi connectivity index (χ1n) is 8.44. The van der Waals surface area contributed by atoms with Crippen molar-refractivity contribution in [3.8, 4) is 0 Å². The minimum atomic E-state index is -0.561. The molecule has 0 bridgehead atoms. The maximum absolute atomic E-state index is 12.2. The lowest BCUT2D eigenvalue weighted by atomic mass is 10.1. The zero-order valence-electron chi connectivity index (χ0n) is 14.3. The van der Waals surface area contributed by atoms with E-state index in [1.165, 1.54) is 11.3 Å². The fourth-order valence-electron chi connectivity index (χ4n) is 2.63. The van der Waals surface area contributed by atoms with Crippen LogP contribution in [0.2, 0.25) is 10.0 Å². The van der Waals surface area contributed by atoms with Crippen LogP contribution in [0.5, 0.6) is 0 Å². The van der Waals surface area contributed by atoms with Crippen LogP contribution in [0.4, 0.5) is 5.13 Å². The number of benzene rings is 1. The Labute approximate surface area is 166 Å². The first kappa shape index (κ1) is 19.6. The molecular weight excluding hydrogens is 395 g/mol. The molecule has 0 radical (unpaired) electrons. The van der Waals surface area contributed by atoms with E-state index >= 15 is 0 Å². The van der Waals surface area contributed by atoms with E-state index in [1.54, 1.807) is 19.2 Å². The Balaban J connectivity index is 1.52. The van der Waals surface area contributed by atoms with Crippen LogP contribution < -0.4 is 5.32 Å². The molecule has 0 aliphatic carbocycles. The summed E-state index contributed by atoms with van der Waals surface area (Å²) in [5.74, 6) is -0.218. The van der Waals surface area contributed by atoms with Crippen LogP contribution in [0.1, 0.15) is 30.2 Å². The lowest BCUT2D eigenvalue weighted by molar-refractivity contribution is -0.128. The molecular formula is C18H20Cl2N2O3S. The smallest absolute Gasteiger partial charge is 0.254 e. The highest BCUT2D eigenvalue weighted by Gasteiger charge is 2.20. The third-order valence-electron chi connectivity index (χ3n) is 4.11. The topological polar surface area (TPSA) is 60.5 Å². The highest BCUT2D eigenvalue weighted by molar-refractivity contribution is 7.15. The number of carbonyl (C=O) groups is 1. The second-order valence-corrected chi connectivity index (χ2v) is 8.02. The second kappa shape index (κ2) is 9.15. The predicted octanol–water partition coefficient (Wildman–Crippen LogP) is 4.56. The standard InChI is InChI=1S/C18H20Cl2N2O3S/c1-11(25-10-13-5-3-7-24-13)17(23)22-18-21-9-14(26-18)8-12-4-2-6-15(19)16(12)20/h2,4,6,9,11,13H,3,5,7-8,10H2,1H3,(H,21,22,23)/t11-,13-/m1/s1. The zero-order chi connectivity index (χ0) is 18.5. The van der Waals surface area contributed by atoms with Crippen molar-refractivity contribution in [2.75, 3.05) is 18.5 Å². The minimum absolute atomic E-state index is 0.0964. The highest BCUT2D eigenvalue weighted by atomic mass is 35.5. The summed E-state index contributed by atoms with van der Waals surface area (Å²) < 4.78 is 11.1. The van der Waals surface area contributed by atoms with E-state index in [-0.39, 0.29) is 12.0 Å². The van der Waals surface area contributed by atoms with E-state index in [1.807, 2.05) is 12.1 Å². The van der Waals surface area contributed by atoms with E-state index in [0.29, 0.717) is 28.2 Å². The summed E-state index contributed by atoms with van der Waals surface area (Å²) in [7, 11) is 0. The molecule has 5 nitrogen and oxygen atoms in total. The molecule has 1 aromatic carbocycles. The molecule has 26 heavy (non-hydrogen) atoms. The number of halogens is 2. The number of amides is 1. The van der Waals surface area contributed by atoms with E-state index in [2.05, 4.69) is 10.3 Å². The molecule has 0 spiro atoms. The molecule has 140 valence electrons. The first-order valence-corrected chi connectivity index (χ1v) is 10.0. The van der Waals surface area contributed by atoms with Gasteiger partial charge in [0.25, 0.3) is 5.91 Å². The third kappa shape index (κ3) is 5.18. The Kier molecular flexibility index (Phi) is 6.89. The van der Waals surface area contributed by atoms with Gasteiger partial charge in [-0.1, -0.05) is 35.3 Å². The van der Waals surface area contributed by atoms with Gasteiger partial charge in [-0.3, -0.25) is 10.1 Å².